The average Bonchev–Trinajstić information content (AvgIpc) is 2.46. The zero-order chi connectivity index (χ0) is 13.7. The van der Waals surface area contributed by atoms with Gasteiger partial charge in [-0.3, -0.25) is 0 Å². The highest BCUT2D eigenvalue weighted by Gasteiger charge is 2.19. The summed E-state index contributed by atoms with van der Waals surface area (Å²) in [5.74, 6) is 0. The van der Waals surface area contributed by atoms with Gasteiger partial charge in [-0.15, -0.1) is 0 Å². The molecule has 0 saturated heterocycles. The Hall–Kier alpha value is -1.59. The van der Waals surface area contributed by atoms with E-state index in [1.54, 1.807) is 0 Å². The third kappa shape index (κ3) is 3.45. The normalized spacial score (nSPS) is 17.2. The van der Waals surface area contributed by atoms with Crippen molar-refractivity contribution in [2.24, 2.45) is 5.11 Å². The summed E-state index contributed by atoms with van der Waals surface area (Å²) in [6.45, 7) is 1.97. The molecule has 19 heavy (non-hydrogen) atoms. The van der Waals surface area contributed by atoms with Gasteiger partial charge >= 0.3 is 0 Å². The Bertz CT molecular complexity index is 486. The van der Waals surface area contributed by atoms with Gasteiger partial charge in [-0.05, 0) is 41.6 Å². The Kier molecular flexibility index (Phi) is 4.76. The average molecular weight is 262 g/mol. The second kappa shape index (κ2) is 6.54. The maximum absolute atomic E-state index is 10.1. The Labute approximate surface area is 111 Å². The number of rotatable bonds is 5. The minimum atomic E-state index is -0.936. The number of azide groups is 1. The zero-order valence-corrected chi connectivity index (χ0v) is 10.7. The monoisotopic (exact) mass is 262 g/mol. The number of nitrogens with zero attached hydrogens (tertiary/aromatic N) is 3. The Balaban J connectivity index is 2.05. The number of hydrogen-bond acceptors (Lipinski definition) is 4. The standard InChI is InChI=1S/C13H18N4O2/c14-17-16-6-4-12(18)13(19)10-1-2-11-8-15-5-3-9(11)7-10/h1-2,7,12-13,15,18-19H,3-6,8H2. The van der Waals surface area contributed by atoms with Crippen LogP contribution in [0.4, 0.5) is 0 Å². The number of fused-ring (bicyclic) bond motifs is 1. The molecule has 2 unspecified atom stereocenters. The molecule has 1 aromatic rings. The van der Waals surface area contributed by atoms with E-state index in [1.807, 2.05) is 18.2 Å². The van der Waals surface area contributed by atoms with Crippen molar-refractivity contribution in [2.75, 3.05) is 13.1 Å². The molecule has 2 rings (SSSR count). The molecule has 102 valence electrons. The third-order valence-electron chi connectivity index (χ3n) is 3.41. The van der Waals surface area contributed by atoms with Gasteiger partial charge in [-0.2, -0.15) is 0 Å². The molecule has 3 N–H and O–H groups in total. The van der Waals surface area contributed by atoms with Crippen LogP contribution in [0.15, 0.2) is 23.3 Å². The van der Waals surface area contributed by atoms with Crippen LogP contribution in [0.2, 0.25) is 0 Å². The van der Waals surface area contributed by atoms with Crippen molar-refractivity contribution in [3.05, 3.63) is 45.3 Å². The van der Waals surface area contributed by atoms with Crippen LogP contribution in [0, 0.1) is 0 Å². The summed E-state index contributed by atoms with van der Waals surface area (Å²) in [5, 5.41) is 26.6. The molecule has 6 heteroatoms. The number of hydrogen-bond donors (Lipinski definition) is 3. The lowest BCUT2D eigenvalue weighted by molar-refractivity contribution is 0.0150. The summed E-state index contributed by atoms with van der Waals surface area (Å²) < 4.78 is 0. The highest BCUT2D eigenvalue weighted by molar-refractivity contribution is 5.35. The van der Waals surface area contributed by atoms with Crippen LogP contribution in [0.25, 0.3) is 10.4 Å². The van der Waals surface area contributed by atoms with E-state index >= 15 is 0 Å². The van der Waals surface area contributed by atoms with Gasteiger partial charge in [-0.25, -0.2) is 0 Å². The molecule has 6 nitrogen and oxygen atoms in total. The zero-order valence-electron chi connectivity index (χ0n) is 10.7. The van der Waals surface area contributed by atoms with E-state index in [-0.39, 0.29) is 13.0 Å². The molecule has 0 radical (unpaired) electrons. The van der Waals surface area contributed by atoms with Crippen molar-refractivity contribution >= 4 is 0 Å². The van der Waals surface area contributed by atoms with Crippen LogP contribution in [0.3, 0.4) is 0 Å². The van der Waals surface area contributed by atoms with Gasteiger partial charge in [0.05, 0.1) is 6.10 Å². The molecule has 0 aliphatic carbocycles. The van der Waals surface area contributed by atoms with Crippen LogP contribution in [-0.4, -0.2) is 29.4 Å². The first kappa shape index (κ1) is 13.8. The van der Waals surface area contributed by atoms with Gasteiger partial charge in [0.15, 0.2) is 0 Å². The summed E-state index contributed by atoms with van der Waals surface area (Å²) >= 11 is 0. The number of aliphatic hydroxyl groups excluding tert-OH is 2. The fraction of sp³-hybridized carbons (Fsp3) is 0.538. The smallest absolute Gasteiger partial charge is 0.105 e. The minimum absolute atomic E-state index is 0.184. The topological polar surface area (TPSA) is 101 Å². The molecule has 2 atom stereocenters. The molecular weight excluding hydrogens is 244 g/mol. The first-order chi connectivity index (χ1) is 9.22. The molecule has 0 saturated carbocycles. The first-order valence-electron chi connectivity index (χ1n) is 6.42. The predicted octanol–water partition coefficient (Wildman–Crippen LogP) is 1.43. The second-order valence-electron chi connectivity index (χ2n) is 4.71. The van der Waals surface area contributed by atoms with Gasteiger partial charge in [0.25, 0.3) is 0 Å². The highest BCUT2D eigenvalue weighted by atomic mass is 16.3. The SMILES string of the molecule is [N-]=[N+]=NCCC(O)C(O)c1ccc2c(c1)CCNC2. The molecule has 1 aliphatic heterocycles. The van der Waals surface area contributed by atoms with Crippen molar-refractivity contribution < 1.29 is 10.2 Å². The number of aliphatic hydroxyl groups is 2. The largest absolute Gasteiger partial charge is 0.390 e. The number of benzene rings is 1. The van der Waals surface area contributed by atoms with Crippen molar-refractivity contribution in [1.82, 2.24) is 5.32 Å². The first-order valence-corrected chi connectivity index (χ1v) is 6.42. The Morgan fingerprint density at radius 3 is 3.00 bits per heavy atom. The maximum atomic E-state index is 10.1. The van der Waals surface area contributed by atoms with Crippen molar-refractivity contribution in [3.63, 3.8) is 0 Å². The van der Waals surface area contributed by atoms with Crippen LogP contribution < -0.4 is 5.32 Å². The van der Waals surface area contributed by atoms with E-state index in [4.69, 9.17) is 5.53 Å². The fourth-order valence-corrected chi connectivity index (χ4v) is 2.30. The van der Waals surface area contributed by atoms with E-state index in [9.17, 15) is 10.2 Å². The molecule has 1 aliphatic rings. The summed E-state index contributed by atoms with van der Waals surface area (Å²) in [5.41, 5.74) is 11.4. The quantitative estimate of drug-likeness (QED) is 0.425. The van der Waals surface area contributed by atoms with Gasteiger partial charge in [-0.1, -0.05) is 23.3 Å². The van der Waals surface area contributed by atoms with E-state index in [2.05, 4.69) is 15.3 Å². The molecule has 0 bridgehead atoms. The van der Waals surface area contributed by atoms with Crippen molar-refractivity contribution in [3.8, 4) is 0 Å². The number of nitrogens with one attached hydrogen (secondary N) is 1. The summed E-state index contributed by atoms with van der Waals surface area (Å²) in [6.07, 6.45) is -0.659. The lowest BCUT2D eigenvalue weighted by Crippen LogP contribution is -2.24. The van der Waals surface area contributed by atoms with Gasteiger partial charge in [0.2, 0.25) is 0 Å². The van der Waals surface area contributed by atoms with Crippen LogP contribution in [-0.2, 0) is 13.0 Å². The molecule has 1 heterocycles. The highest BCUT2D eigenvalue weighted by Crippen LogP contribution is 2.23. The van der Waals surface area contributed by atoms with Crippen molar-refractivity contribution in [2.45, 2.75) is 31.6 Å². The van der Waals surface area contributed by atoms with E-state index in [1.165, 1.54) is 11.1 Å². The maximum Gasteiger partial charge on any atom is 0.105 e. The lowest BCUT2D eigenvalue weighted by atomic mass is 9.94. The van der Waals surface area contributed by atoms with Crippen LogP contribution in [0.1, 0.15) is 29.2 Å². The van der Waals surface area contributed by atoms with Gasteiger partial charge in [0.1, 0.15) is 6.10 Å². The Morgan fingerprint density at radius 1 is 1.37 bits per heavy atom. The van der Waals surface area contributed by atoms with E-state index < -0.39 is 12.2 Å². The van der Waals surface area contributed by atoms with Crippen LogP contribution >= 0.6 is 0 Å². The Morgan fingerprint density at radius 2 is 2.21 bits per heavy atom. The second-order valence-corrected chi connectivity index (χ2v) is 4.71. The molecule has 0 spiro atoms. The summed E-state index contributed by atoms with van der Waals surface area (Å²) in [6, 6.07) is 5.78. The minimum Gasteiger partial charge on any atom is -0.390 e. The van der Waals surface area contributed by atoms with Gasteiger partial charge < -0.3 is 15.5 Å². The predicted molar refractivity (Wildman–Crippen MR) is 71.4 cm³/mol. The lowest BCUT2D eigenvalue weighted by Gasteiger charge is -2.22. The summed E-state index contributed by atoms with van der Waals surface area (Å²) in [4.78, 5) is 2.62. The molecular formula is C13H18N4O2. The molecule has 0 amide bonds. The van der Waals surface area contributed by atoms with Crippen LogP contribution in [0.5, 0.6) is 0 Å². The third-order valence-corrected chi connectivity index (χ3v) is 3.41. The molecule has 0 fully saturated rings. The van der Waals surface area contributed by atoms with Crippen molar-refractivity contribution in [1.29, 1.82) is 0 Å². The molecule has 1 aromatic carbocycles. The van der Waals surface area contributed by atoms with Gasteiger partial charge in [0, 0.05) is 18.0 Å². The van der Waals surface area contributed by atoms with E-state index in [0.29, 0.717) is 5.56 Å². The molecule has 0 aromatic heterocycles. The summed E-state index contributed by atoms with van der Waals surface area (Å²) in [7, 11) is 0. The van der Waals surface area contributed by atoms with E-state index in [0.717, 1.165) is 19.5 Å². The fourth-order valence-electron chi connectivity index (χ4n) is 2.30.